The van der Waals surface area contributed by atoms with Crippen molar-refractivity contribution < 1.29 is 4.74 Å². The van der Waals surface area contributed by atoms with E-state index < -0.39 is 0 Å². The van der Waals surface area contributed by atoms with Gasteiger partial charge >= 0.3 is 0 Å². The number of morpholine rings is 1. The zero-order valence-electron chi connectivity index (χ0n) is 14.1. The zero-order valence-corrected chi connectivity index (χ0v) is 14.1. The molecule has 0 radical (unpaired) electrons. The highest BCUT2D eigenvalue weighted by Crippen LogP contribution is 2.25. The second kappa shape index (κ2) is 6.75. The Morgan fingerprint density at radius 1 is 1.38 bits per heavy atom. The van der Waals surface area contributed by atoms with Crippen LogP contribution in [0, 0.1) is 0 Å². The van der Waals surface area contributed by atoms with E-state index >= 15 is 0 Å². The van der Waals surface area contributed by atoms with Gasteiger partial charge in [-0.3, -0.25) is 0 Å². The summed E-state index contributed by atoms with van der Waals surface area (Å²) in [5.41, 5.74) is 2.36. The van der Waals surface area contributed by atoms with Crippen LogP contribution >= 0.6 is 0 Å². The predicted molar refractivity (Wildman–Crippen MR) is 87.8 cm³/mol. The summed E-state index contributed by atoms with van der Waals surface area (Å²) in [6.45, 7) is 14.4. The van der Waals surface area contributed by atoms with E-state index in [9.17, 15) is 0 Å². The summed E-state index contributed by atoms with van der Waals surface area (Å²) >= 11 is 0. The summed E-state index contributed by atoms with van der Waals surface area (Å²) in [4.78, 5) is 7.19. The van der Waals surface area contributed by atoms with Gasteiger partial charge in [0, 0.05) is 25.3 Å². The molecule has 2 rings (SSSR count). The minimum atomic E-state index is -0.122. The van der Waals surface area contributed by atoms with E-state index in [2.05, 4.69) is 57.0 Å². The lowest BCUT2D eigenvalue weighted by Gasteiger charge is -2.42. The fraction of sp³-hybridized carbons (Fsp3) is 0.706. The molecule has 1 unspecified atom stereocenters. The lowest BCUT2D eigenvalue weighted by molar-refractivity contribution is -0.0751. The van der Waals surface area contributed by atoms with E-state index in [0.717, 1.165) is 44.1 Å². The first-order valence-electron chi connectivity index (χ1n) is 8.07. The Labute approximate surface area is 128 Å². The Bertz CT molecular complexity index is 473. The molecule has 0 spiro atoms. The van der Waals surface area contributed by atoms with Crippen LogP contribution in [0.2, 0.25) is 0 Å². The van der Waals surface area contributed by atoms with Gasteiger partial charge < -0.3 is 15.0 Å². The third kappa shape index (κ3) is 4.42. The van der Waals surface area contributed by atoms with Gasteiger partial charge in [-0.2, -0.15) is 0 Å². The van der Waals surface area contributed by atoms with E-state index in [0.29, 0.717) is 0 Å². The molecule has 1 fully saturated rings. The lowest BCUT2D eigenvalue weighted by Crippen LogP contribution is -2.52. The number of rotatable bonds is 5. The van der Waals surface area contributed by atoms with Crippen LogP contribution in [0.15, 0.2) is 12.1 Å². The number of anilines is 1. The minimum Gasteiger partial charge on any atom is -0.369 e. The second-order valence-corrected chi connectivity index (χ2v) is 6.53. The van der Waals surface area contributed by atoms with Gasteiger partial charge in [0.15, 0.2) is 0 Å². The van der Waals surface area contributed by atoms with Crippen LogP contribution in [0.4, 0.5) is 5.82 Å². The molecular formula is C17H29N3O. The smallest absolute Gasteiger partial charge is 0.129 e. The van der Waals surface area contributed by atoms with Crippen LogP contribution in [0.25, 0.3) is 0 Å². The number of ether oxygens (including phenoxy) is 1. The maximum absolute atomic E-state index is 6.00. The van der Waals surface area contributed by atoms with Crippen molar-refractivity contribution in [2.45, 2.75) is 59.3 Å². The predicted octanol–water partition coefficient (Wildman–Crippen LogP) is 2.76. The molecule has 2 heterocycles. The average molecular weight is 291 g/mol. The standard InChI is InChI=1S/C17H29N3O/c1-6-15-8-14(10-18-7-2)9-16(19-15)20-11-13(3)21-17(4,5)12-20/h8-9,13,18H,6-7,10-12H2,1-5H3. The van der Waals surface area contributed by atoms with E-state index in [1.807, 2.05) is 0 Å². The molecular weight excluding hydrogens is 262 g/mol. The Balaban J connectivity index is 2.24. The van der Waals surface area contributed by atoms with Crippen molar-refractivity contribution in [3.05, 3.63) is 23.4 Å². The molecule has 1 atom stereocenters. The van der Waals surface area contributed by atoms with Crippen LogP contribution in [0.1, 0.15) is 45.9 Å². The average Bonchev–Trinajstić information content (AvgIpc) is 2.42. The highest BCUT2D eigenvalue weighted by Gasteiger charge is 2.32. The highest BCUT2D eigenvalue weighted by atomic mass is 16.5. The molecule has 1 aromatic heterocycles. The summed E-state index contributed by atoms with van der Waals surface area (Å²) in [5, 5.41) is 3.40. The fourth-order valence-corrected chi connectivity index (χ4v) is 2.98. The van der Waals surface area contributed by atoms with Gasteiger partial charge in [0.2, 0.25) is 0 Å². The van der Waals surface area contributed by atoms with Crippen molar-refractivity contribution in [1.82, 2.24) is 10.3 Å². The van der Waals surface area contributed by atoms with Crippen molar-refractivity contribution in [1.29, 1.82) is 0 Å². The third-order valence-electron chi connectivity index (χ3n) is 3.76. The van der Waals surface area contributed by atoms with Gasteiger partial charge in [0.25, 0.3) is 0 Å². The molecule has 0 aliphatic carbocycles. The van der Waals surface area contributed by atoms with E-state index in [1.165, 1.54) is 5.56 Å². The molecule has 0 bridgehead atoms. The molecule has 1 saturated heterocycles. The molecule has 1 aliphatic heterocycles. The molecule has 4 heteroatoms. The van der Waals surface area contributed by atoms with Crippen LogP contribution in [0.3, 0.4) is 0 Å². The number of hydrogen-bond acceptors (Lipinski definition) is 4. The van der Waals surface area contributed by atoms with Crippen molar-refractivity contribution in [2.24, 2.45) is 0 Å². The van der Waals surface area contributed by atoms with Gasteiger partial charge in [0.05, 0.1) is 11.7 Å². The van der Waals surface area contributed by atoms with Gasteiger partial charge in [-0.05, 0) is 51.4 Å². The van der Waals surface area contributed by atoms with Gasteiger partial charge in [-0.1, -0.05) is 13.8 Å². The molecule has 118 valence electrons. The summed E-state index contributed by atoms with van der Waals surface area (Å²) in [5.74, 6) is 1.09. The molecule has 0 aromatic carbocycles. The lowest BCUT2D eigenvalue weighted by atomic mass is 10.1. The normalized spacial score (nSPS) is 21.6. The summed E-state index contributed by atoms with van der Waals surface area (Å²) in [6.07, 6.45) is 1.20. The quantitative estimate of drug-likeness (QED) is 0.905. The number of hydrogen-bond donors (Lipinski definition) is 1. The molecule has 0 amide bonds. The topological polar surface area (TPSA) is 37.4 Å². The van der Waals surface area contributed by atoms with Gasteiger partial charge in [-0.25, -0.2) is 4.98 Å². The van der Waals surface area contributed by atoms with Gasteiger partial charge in [-0.15, -0.1) is 0 Å². The van der Waals surface area contributed by atoms with Crippen LogP contribution in [-0.2, 0) is 17.7 Å². The number of aryl methyl sites for hydroxylation is 1. The SMILES string of the molecule is CCNCc1cc(CC)nc(N2CC(C)OC(C)(C)C2)c1. The second-order valence-electron chi connectivity index (χ2n) is 6.53. The van der Waals surface area contributed by atoms with Crippen LogP contribution < -0.4 is 10.2 Å². The third-order valence-corrected chi connectivity index (χ3v) is 3.76. The first-order chi connectivity index (χ1) is 9.93. The van der Waals surface area contributed by atoms with Crippen molar-refractivity contribution in [3.63, 3.8) is 0 Å². The molecule has 1 aliphatic rings. The minimum absolute atomic E-state index is 0.122. The Morgan fingerprint density at radius 2 is 2.14 bits per heavy atom. The molecule has 4 nitrogen and oxygen atoms in total. The highest BCUT2D eigenvalue weighted by molar-refractivity contribution is 5.44. The van der Waals surface area contributed by atoms with Crippen molar-refractivity contribution in [3.8, 4) is 0 Å². The summed E-state index contributed by atoms with van der Waals surface area (Å²) < 4.78 is 6.00. The van der Waals surface area contributed by atoms with Crippen molar-refractivity contribution >= 4 is 5.82 Å². The largest absolute Gasteiger partial charge is 0.369 e. The Morgan fingerprint density at radius 3 is 2.76 bits per heavy atom. The molecule has 1 aromatic rings. The first kappa shape index (κ1) is 16.2. The number of nitrogens with zero attached hydrogens (tertiary/aromatic N) is 2. The van der Waals surface area contributed by atoms with Crippen molar-refractivity contribution in [2.75, 3.05) is 24.5 Å². The summed E-state index contributed by atoms with van der Waals surface area (Å²) in [6, 6.07) is 4.43. The number of aromatic nitrogens is 1. The fourth-order valence-electron chi connectivity index (χ4n) is 2.98. The molecule has 1 N–H and O–H groups in total. The monoisotopic (exact) mass is 291 g/mol. The van der Waals surface area contributed by atoms with Crippen LogP contribution in [-0.4, -0.2) is 36.3 Å². The van der Waals surface area contributed by atoms with E-state index in [1.54, 1.807) is 0 Å². The Kier molecular flexibility index (Phi) is 5.22. The van der Waals surface area contributed by atoms with E-state index in [-0.39, 0.29) is 11.7 Å². The Hall–Kier alpha value is -1.13. The number of pyridine rings is 1. The molecule has 0 saturated carbocycles. The van der Waals surface area contributed by atoms with Crippen LogP contribution in [0.5, 0.6) is 0 Å². The maximum Gasteiger partial charge on any atom is 0.129 e. The number of nitrogens with one attached hydrogen (secondary N) is 1. The van der Waals surface area contributed by atoms with E-state index in [4.69, 9.17) is 9.72 Å². The first-order valence-corrected chi connectivity index (χ1v) is 8.07. The van der Waals surface area contributed by atoms with Gasteiger partial charge in [0.1, 0.15) is 5.82 Å². The molecule has 21 heavy (non-hydrogen) atoms. The maximum atomic E-state index is 6.00. The zero-order chi connectivity index (χ0) is 15.5. The summed E-state index contributed by atoms with van der Waals surface area (Å²) in [7, 11) is 0.